The molecule has 0 bridgehead atoms. The van der Waals surface area contributed by atoms with Gasteiger partial charge in [0.2, 0.25) is 0 Å². The summed E-state index contributed by atoms with van der Waals surface area (Å²) in [6.07, 6.45) is 0.656. The topological polar surface area (TPSA) is 69.5 Å². The minimum atomic E-state index is -0.239. The Bertz CT molecular complexity index is 1260. The van der Waals surface area contributed by atoms with E-state index in [2.05, 4.69) is 5.10 Å². The van der Waals surface area contributed by atoms with E-state index in [1.165, 1.54) is 11.3 Å². The number of amides is 1. The van der Waals surface area contributed by atoms with E-state index in [4.69, 9.17) is 26.1 Å². The number of ether oxygens (including phenoxy) is 2. The molecule has 7 nitrogen and oxygen atoms in total. The predicted molar refractivity (Wildman–Crippen MR) is 136 cm³/mol. The van der Waals surface area contributed by atoms with Gasteiger partial charge < -0.3 is 9.47 Å². The molecule has 4 rings (SSSR count). The first-order chi connectivity index (χ1) is 16.5. The van der Waals surface area contributed by atoms with Gasteiger partial charge in [0, 0.05) is 31.2 Å². The molecule has 0 saturated heterocycles. The maximum Gasteiger partial charge on any atom is 0.265 e. The van der Waals surface area contributed by atoms with E-state index >= 15 is 0 Å². The lowest BCUT2D eigenvalue weighted by Crippen LogP contribution is -2.33. The van der Waals surface area contributed by atoms with E-state index in [9.17, 15) is 4.79 Å². The third kappa shape index (κ3) is 4.99. The number of hydrogen-bond donors (Lipinski definition) is 0. The first-order valence-corrected chi connectivity index (χ1v) is 12.0. The Balaban J connectivity index is 1.67. The molecule has 0 fully saturated rings. The Hall–Kier alpha value is -3.20. The van der Waals surface area contributed by atoms with Crippen molar-refractivity contribution in [1.29, 1.82) is 0 Å². The first kappa shape index (κ1) is 23.9. The summed E-state index contributed by atoms with van der Waals surface area (Å²) in [6.45, 7) is 2.75. The van der Waals surface area contributed by atoms with Crippen LogP contribution in [0.25, 0.3) is 16.9 Å². The number of nitrogens with zero attached hydrogens (tertiary/aromatic N) is 4. The maximum atomic E-state index is 13.8. The summed E-state index contributed by atoms with van der Waals surface area (Å²) in [5, 5.41) is 7.33. The summed E-state index contributed by atoms with van der Waals surface area (Å²) in [6, 6.07) is 17.2. The number of benzene rings is 2. The van der Waals surface area contributed by atoms with Crippen molar-refractivity contribution in [2.24, 2.45) is 0 Å². The zero-order valence-electron chi connectivity index (χ0n) is 19.2. The molecule has 0 spiro atoms. The fourth-order valence-corrected chi connectivity index (χ4v) is 4.76. The van der Waals surface area contributed by atoms with Crippen LogP contribution in [0.4, 0.5) is 5.13 Å². The molecule has 176 valence electrons. The molecular formula is C25H25ClN4O3S. The van der Waals surface area contributed by atoms with E-state index in [1.807, 2.05) is 60.0 Å². The minimum Gasteiger partial charge on any atom is -0.497 e. The van der Waals surface area contributed by atoms with Gasteiger partial charge in [-0.3, -0.25) is 9.69 Å². The van der Waals surface area contributed by atoms with Crippen LogP contribution in [-0.2, 0) is 4.74 Å². The van der Waals surface area contributed by atoms with Gasteiger partial charge in [-0.05, 0) is 49.7 Å². The van der Waals surface area contributed by atoms with Crippen LogP contribution in [0.5, 0.6) is 5.75 Å². The fraction of sp³-hybridized carbons (Fsp3) is 0.240. The summed E-state index contributed by atoms with van der Waals surface area (Å²) >= 11 is 8.09. The zero-order chi connectivity index (χ0) is 24.1. The van der Waals surface area contributed by atoms with Gasteiger partial charge in [0.1, 0.15) is 16.5 Å². The summed E-state index contributed by atoms with van der Waals surface area (Å²) in [7, 11) is 3.27. The molecule has 2 aromatic heterocycles. The maximum absolute atomic E-state index is 13.8. The highest BCUT2D eigenvalue weighted by molar-refractivity contribution is 7.14. The van der Waals surface area contributed by atoms with Gasteiger partial charge in [0.15, 0.2) is 5.13 Å². The van der Waals surface area contributed by atoms with Crippen LogP contribution in [-0.4, -0.2) is 48.0 Å². The summed E-state index contributed by atoms with van der Waals surface area (Å²) in [5.74, 6) is 0.535. The van der Waals surface area contributed by atoms with E-state index in [1.54, 1.807) is 30.7 Å². The molecule has 1 amide bonds. The second kappa shape index (κ2) is 10.8. The molecule has 0 atom stereocenters. The van der Waals surface area contributed by atoms with Crippen molar-refractivity contribution in [1.82, 2.24) is 14.8 Å². The molecule has 0 saturated carbocycles. The average molecular weight is 497 g/mol. The van der Waals surface area contributed by atoms with E-state index < -0.39 is 0 Å². The lowest BCUT2D eigenvalue weighted by atomic mass is 10.2. The molecule has 4 aromatic rings. The molecule has 2 aromatic carbocycles. The Labute approximate surface area is 207 Å². The second-order valence-electron chi connectivity index (χ2n) is 7.55. The van der Waals surface area contributed by atoms with Crippen molar-refractivity contribution < 1.29 is 14.3 Å². The normalized spacial score (nSPS) is 10.9. The second-order valence-corrected chi connectivity index (χ2v) is 8.74. The van der Waals surface area contributed by atoms with Gasteiger partial charge in [0.25, 0.3) is 5.91 Å². The highest BCUT2D eigenvalue weighted by atomic mass is 35.5. The molecule has 0 unspecified atom stereocenters. The van der Waals surface area contributed by atoms with E-state index in [0.717, 1.165) is 22.7 Å². The van der Waals surface area contributed by atoms with Crippen molar-refractivity contribution in [3.8, 4) is 22.7 Å². The highest BCUT2D eigenvalue weighted by Gasteiger charge is 2.28. The number of methoxy groups -OCH3 is 2. The number of carbonyl (C=O) groups is 1. The molecular weight excluding hydrogens is 472 g/mol. The monoisotopic (exact) mass is 496 g/mol. The Morgan fingerprint density at radius 2 is 1.85 bits per heavy atom. The molecule has 0 N–H and O–H groups in total. The third-order valence-electron chi connectivity index (χ3n) is 5.30. The number of aryl methyl sites for hydroxylation is 1. The number of carbonyl (C=O) groups excluding carboxylic acids is 1. The molecule has 0 aliphatic rings. The Morgan fingerprint density at radius 1 is 1.12 bits per heavy atom. The number of thiazole rings is 1. The quantitative estimate of drug-likeness (QED) is 0.280. The van der Waals surface area contributed by atoms with Crippen LogP contribution in [0.1, 0.15) is 22.5 Å². The van der Waals surface area contributed by atoms with Gasteiger partial charge in [-0.1, -0.05) is 29.8 Å². The Kier molecular flexibility index (Phi) is 7.62. The standard InChI is InChI=1S/C25H25ClN4O3S/c1-17-22(23(26)30(28-17)19-8-5-4-6-9-19)24(31)29(14-7-15-32-2)25-27-21(16-34-25)18-10-12-20(33-3)13-11-18/h4-6,8-13,16H,7,14-15H2,1-3H3. The molecule has 9 heteroatoms. The predicted octanol–water partition coefficient (Wildman–Crippen LogP) is 5.65. The number of anilines is 1. The Morgan fingerprint density at radius 3 is 2.53 bits per heavy atom. The van der Waals surface area contributed by atoms with E-state index in [-0.39, 0.29) is 11.1 Å². The lowest BCUT2D eigenvalue weighted by molar-refractivity contribution is 0.0983. The van der Waals surface area contributed by atoms with Gasteiger partial charge >= 0.3 is 0 Å². The number of halogens is 1. The van der Waals surface area contributed by atoms with Crippen LogP contribution >= 0.6 is 22.9 Å². The first-order valence-electron chi connectivity index (χ1n) is 10.7. The molecule has 0 aliphatic heterocycles. The number of hydrogen-bond acceptors (Lipinski definition) is 6. The van der Waals surface area contributed by atoms with Gasteiger partial charge in [-0.2, -0.15) is 5.10 Å². The van der Waals surface area contributed by atoms with Gasteiger partial charge in [0.05, 0.1) is 24.2 Å². The van der Waals surface area contributed by atoms with Crippen LogP contribution in [0.3, 0.4) is 0 Å². The fourth-order valence-electron chi connectivity index (χ4n) is 3.55. The summed E-state index contributed by atoms with van der Waals surface area (Å²) in [5.41, 5.74) is 3.44. The third-order valence-corrected chi connectivity index (χ3v) is 6.52. The van der Waals surface area contributed by atoms with Crippen LogP contribution < -0.4 is 9.64 Å². The van der Waals surface area contributed by atoms with Crippen molar-refractivity contribution in [3.63, 3.8) is 0 Å². The molecule has 2 heterocycles. The van der Waals surface area contributed by atoms with Crippen LogP contribution in [0.2, 0.25) is 5.15 Å². The molecule has 0 aliphatic carbocycles. The average Bonchev–Trinajstić information content (AvgIpc) is 3.46. The minimum absolute atomic E-state index is 0.239. The number of rotatable bonds is 9. The highest BCUT2D eigenvalue weighted by Crippen LogP contribution is 2.32. The van der Waals surface area contributed by atoms with Crippen molar-refractivity contribution in [2.45, 2.75) is 13.3 Å². The summed E-state index contributed by atoms with van der Waals surface area (Å²) in [4.78, 5) is 20.2. The number of aromatic nitrogens is 3. The zero-order valence-corrected chi connectivity index (χ0v) is 20.8. The smallest absolute Gasteiger partial charge is 0.265 e. The van der Waals surface area contributed by atoms with Crippen molar-refractivity contribution in [2.75, 3.05) is 32.3 Å². The summed E-state index contributed by atoms with van der Waals surface area (Å²) < 4.78 is 12.0. The lowest BCUT2D eigenvalue weighted by Gasteiger charge is -2.20. The molecule has 0 radical (unpaired) electrons. The molecule has 34 heavy (non-hydrogen) atoms. The SMILES string of the molecule is COCCCN(C(=O)c1c(C)nn(-c2ccccc2)c1Cl)c1nc(-c2ccc(OC)cc2)cs1. The number of para-hydroxylation sites is 1. The van der Waals surface area contributed by atoms with Crippen molar-refractivity contribution >= 4 is 34.0 Å². The van der Waals surface area contributed by atoms with Gasteiger partial charge in [-0.25, -0.2) is 9.67 Å². The van der Waals surface area contributed by atoms with Gasteiger partial charge in [-0.15, -0.1) is 11.3 Å². The largest absolute Gasteiger partial charge is 0.497 e. The van der Waals surface area contributed by atoms with Crippen LogP contribution in [0.15, 0.2) is 60.0 Å². The van der Waals surface area contributed by atoms with E-state index in [0.29, 0.717) is 36.0 Å². The van der Waals surface area contributed by atoms with Crippen LogP contribution in [0, 0.1) is 6.92 Å². The van der Waals surface area contributed by atoms with Crippen molar-refractivity contribution in [3.05, 3.63) is 76.4 Å².